The molecule has 1 saturated carbocycles. The van der Waals surface area contributed by atoms with E-state index < -0.39 is 0 Å². The molecule has 1 aliphatic carbocycles. The molecule has 0 aromatic carbocycles. The molecule has 1 rings (SSSR count). The first-order chi connectivity index (χ1) is 8.18. The molecular weight excluding hydrogens is 214 g/mol. The van der Waals surface area contributed by atoms with Gasteiger partial charge in [0.2, 0.25) is 0 Å². The summed E-state index contributed by atoms with van der Waals surface area (Å²) in [6, 6.07) is 0. The zero-order valence-corrected chi connectivity index (χ0v) is 11.2. The molecule has 0 spiro atoms. The molecule has 0 heterocycles. The molecule has 3 N–H and O–H groups in total. The van der Waals surface area contributed by atoms with E-state index in [1.54, 1.807) is 0 Å². The second kappa shape index (κ2) is 8.34. The lowest BCUT2D eigenvalue weighted by Crippen LogP contribution is -2.33. The van der Waals surface area contributed by atoms with Crippen LogP contribution in [-0.2, 0) is 4.74 Å². The molecule has 0 atom stereocenters. The van der Waals surface area contributed by atoms with Gasteiger partial charge in [-0.05, 0) is 37.5 Å². The van der Waals surface area contributed by atoms with E-state index >= 15 is 0 Å². The van der Waals surface area contributed by atoms with Gasteiger partial charge in [0.1, 0.15) is 0 Å². The monoisotopic (exact) mass is 241 g/mol. The predicted octanol–water partition coefficient (Wildman–Crippen LogP) is 1.75. The summed E-state index contributed by atoms with van der Waals surface area (Å²) in [4.78, 5) is 4.26. The molecule has 4 nitrogen and oxygen atoms in total. The van der Waals surface area contributed by atoms with Crippen molar-refractivity contribution >= 4 is 5.96 Å². The van der Waals surface area contributed by atoms with E-state index in [1.807, 2.05) is 0 Å². The number of nitrogens with two attached hydrogens (primary N) is 1. The maximum Gasteiger partial charge on any atom is 0.188 e. The number of aliphatic imine (C=N–C) groups is 1. The third-order valence-electron chi connectivity index (χ3n) is 2.81. The van der Waals surface area contributed by atoms with E-state index in [1.165, 1.54) is 12.8 Å². The zero-order valence-electron chi connectivity index (χ0n) is 11.2. The SMILES string of the molecule is CC(C)CCNC(N)=NCCCOCC1CC1. The van der Waals surface area contributed by atoms with Gasteiger partial charge in [-0.2, -0.15) is 0 Å². The van der Waals surface area contributed by atoms with Crippen LogP contribution >= 0.6 is 0 Å². The largest absolute Gasteiger partial charge is 0.381 e. The highest BCUT2D eigenvalue weighted by molar-refractivity contribution is 5.77. The van der Waals surface area contributed by atoms with Crippen LogP contribution in [0.1, 0.15) is 39.5 Å². The second-order valence-electron chi connectivity index (χ2n) is 5.25. The molecule has 100 valence electrons. The summed E-state index contributed by atoms with van der Waals surface area (Å²) in [5.74, 6) is 2.11. The number of hydrogen-bond donors (Lipinski definition) is 2. The Kier molecular flexibility index (Phi) is 7.01. The van der Waals surface area contributed by atoms with Crippen molar-refractivity contribution in [3.63, 3.8) is 0 Å². The molecule has 17 heavy (non-hydrogen) atoms. The smallest absolute Gasteiger partial charge is 0.188 e. The fourth-order valence-electron chi connectivity index (χ4n) is 1.45. The average Bonchev–Trinajstić information content (AvgIpc) is 3.06. The lowest BCUT2D eigenvalue weighted by molar-refractivity contribution is 0.123. The van der Waals surface area contributed by atoms with Crippen LogP contribution in [0.4, 0.5) is 0 Å². The Hall–Kier alpha value is -0.770. The van der Waals surface area contributed by atoms with Crippen LogP contribution in [0.2, 0.25) is 0 Å². The van der Waals surface area contributed by atoms with Gasteiger partial charge >= 0.3 is 0 Å². The minimum atomic E-state index is 0.563. The molecule has 0 aliphatic heterocycles. The first-order valence-electron chi connectivity index (χ1n) is 6.80. The van der Waals surface area contributed by atoms with Crippen LogP contribution in [-0.4, -0.2) is 32.3 Å². The van der Waals surface area contributed by atoms with Crippen LogP contribution in [0.3, 0.4) is 0 Å². The van der Waals surface area contributed by atoms with Crippen LogP contribution < -0.4 is 11.1 Å². The highest BCUT2D eigenvalue weighted by Gasteiger charge is 2.20. The van der Waals surface area contributed by atoms with E-state index in [4.69, 9.17) is 10.5 Å². The van der Waals surface area contributed by atoms with Crippen LogP contribution in [0.15, 0.2) is 4.99 Å². The summed E-state index contributed by atoms with van der Waals surface area (Å²) in [6.45, 7) is 7.81. The first-order valence-corrected chi connectivity index (χ1v) is 6.80. The van der Waals surface area contributed by atoms with Crippen molar-refractivity contribution < 1.29 is 4.74 Å². The molecule has 0 unspecified atom stereocenters. The van der Waals surface area contributed by atoms with Crippen molar-refractivity contribution in [2.75, 3.05) is 26.3 Å². The molecule has 4 heteroatoms. The van der Waals surface area contributed by atoms with E-state index in [2.05, 4.69) is 24.2 Å². The van der Waals surface area contributed by atoms with Crippen molar-refractivity contribution in [1.29, 1.82) is 0 Å². The topological polar surface area (TPSA) is 59.6 Å². The Morgan fingerprint density at radius 2 is 2.24 bits per heavy atom. The maximum absolute atomic E-state index is 5.73. The quantitative estimate of drug-likeness (QED) is 0.367. The number of ether oxygens (including phenoxy) is 1. The van der Waals surface area contributed by atoms with Gasteiger partial charge in [-0.1, -0.05) is 13.8 Å². The molecule has 1 aliphatic rings. The van der Waals surface area contributed by atoms with Crippen LogP contribution in [0.5, 0.6) is 0 Å². The van der Waals surface area contributed by atoms with Crippen LogP contribution in [0.25, 0.3) is 0 Å². The number of rotatable bonds is 9. The van der Waals surface area contributed by atoms with Gasteiger partial charge in [0.25, 0.3) is 0 Å². The fourth-order valence-corrected chi connectivity index (χ4v) is 1.45. The first kappa shape index (κ1) is 14.3. The Labute approximate surface area is 105 Å². The highest BCUT2D eigenvalue weighted by Crippen LogP contribution is 2.28. The minimum absolute atomic E-state index is 0.563. The summed E-state index contributed by atoms with van der Waals surface area (Å²) in [6.07, 6.45) is 4.79. The number of hydrogen-bond acceptors (Lipinski definition) is 2. The Morgan fingerprint density at radius 3 is 2.88 bits per heavy atom. The molecular formula is C13H27N3O. The van der Waals surface area contributed by atoms with Gasteiger partial charge in [-0.3, -0.25) is 4.99 Å². The van der Waals surface area contributed by atoms with Gasteiger partial charge in [-0.25, -0.2) is 0 Å². The van der Waals surface area contributed by atoms with Gasteiger partial charge in [0.05, 0.1) is 0 Å². The van der Waals surface area contributed by atoms with Gasteiger partial charge in [-0.15, -0.1) is 0 Å². The number of nitrogens with zero attached hydrogens (tertiary/aromatic N) is 1. The van der Waals surface area contributed by atoms with Gasteiger partial charge < -0.3 is 15.8 Å². The maximum atomic E-state index is 5.73. The summed E-state index contributed by atoms with van der Waals surface area (Å²) < 4.78 is 5.52. The fraction of sp³-hybridized carbons (Fsp3) is 0.923. The number of guanidine groups is 1. The van der Waals surface area contributed by atoms with Crippen molar-refractivity contribution in [3.05, 3.63) is 0 Å². The third kappa shape index (κ3) is 8.98. The predicted molar refractivity (Wildman–Crippen MR) is 72.1 cm³/mol. The van der Waals surface area contributed by atoms with Gasteiger partial charge in [0, 0.05) is 26.3 Å². The Morgan fingerprint density at radius 1 is 1.47 bits per heavy atom. The third-order valence-corrected chi connectivity index (χ3v) is 2.81. The lowest BCUT2D eigenvalue weighted by atomic mass is 10.1. The lowest BCUT2D eigenvalue weighted by Gasteiger charge is -2.07. The van der Waals surface area contributed by atoms with E-state index in [0.29, 0.717) is 11.9 Å². The summed E-state index contributed by atoms with van der Waals surface area (Å²) in [7, 11) is 0. The number of nitrogens with one attached hydrogen (secondary N) is 1. The molecule has 1 fully saturated rings. The van der Waals surface area contributed by atoms with E-state index in [-0.39, 0.29) is 0 Å². The summed E-state index contributed by atoms with van der Waals surface area (Å²) in [5.41, 5.74) is 5.73. The molecule has 0 bridgehead atoms. The van der Waals surface area contributed by atoms with Gasteiger partial charge in [0.15, 0.2) is 5.96 Å². The van der Waals surface area contributed by atoms with E-state index in [9.17, 15) is 0 Å². The highest BCUT2D eigenvalue weighted by atomic mass is 16.5. The summed E-state index contributed by atoms with van der Waals surface area (Å²) >= 11 is 0. The zero-order chi connectivity index (χ0) is 12.5. The Bertz CT molecular complexity index is 225. The standard InChI is InChI=1S/C13H27N3O/c1-11(2)6-8-16-13(14)15-7-3-9-17-10-12-4-5-12/h11-12H,3-10H2,1-2H3,(H3,14,15,16). The second-order valence-corrected chi connectivity index (χ2v) is 5.25. The minimum Gasteiger partial charge on any atom is -0.381 e. The van der Waals surface area contributed by atoms with Crippen LogP contribution in [0, 0.1) is 11.8 Å². The van der Waals surface area contributed by atoms with Crippen molar-refractivity contribution in [2.45, 2.75) is 39.5 Å². The van der Waals surface area contributed by atoms with Crippen molar-refractivity contribution in [3.8, 4) is 0 Å². The molecule has 0 aromatic heterocycles. The normalized spacial score (nSPS) is 16.5. The van der Waals surface area contributed by atoms with Crippen molar-refractivity contribution in [1.82, 2.24) is 5.32 Å². The Balaban J connectivity index is 1.87. The average molecular weight is 241 g/mol. The molecule has 0 radical (unpaired) electrons. The summed E-state index contributed by atoms with van der Waals surface area (Å²) in [5, 5.41) is 3.12. The molecule has 0 aromatic rings. The van der Waals surface area contributed by atoms with E-state index in [0.717, 1.165) is 45.1 Å². The molecule has 0 saturated heterocycles. The van der Waals surface area contributed by atoms with Crippen molar-refractivity contribution in [2.24, 2.45) is 22.6 Å². The molecule has 0 amide bonds.